The van der Waals surface area contributed by atoms with Gasteiger partial charge >= 0.3 is 5.97 Å². The Bertz CT molecular complexity index is 704. The van der Waals surface area contributed by atoms with Crippen LogP contribution in [-0.4, -0.2) is 43.7 Å². The van der Waals surface area contributed by atoms with Crippen molar-refractivity contribution in [1.29, 1.82) is 0 Å². The largest absolute Gasteiger partial charge is 0.481 e. The number of carboxylic acids is 1. The van der Waals surface area contributed by atoms with Gasteiger partial charge < -0.3 is 10.0 Å². The lowest BCUT2D eigenvalue weighted by Gasteiger charge is -2.12. The van der Waals surface area contributed by atoms with Gasteiger partial charge in [0, 0.05) is 24.8 Å². The number of nitrogens with zero attached hydrogens (tertiary/aromatic N) is 4. The second-order valence-corrected chi connectivity index (χ2v) is 4.69. The Labute approximate surface area is 107 Å². The third-order valence-electron chi connectivity index (χ3n) is 3.28. The summed E-state index contributed by atoms with van der Waals surface area (Å²) in [6, 6.07) is 1.42. The Morgan fingerprint density at radius 1 is 1.53 bits per heavy atom. The molecular formula is C11H13N5O3. The Hall–Kier alpha value is -2.38. The molecule has 0 aliphatic carbocycles. The Balaban J connectivity index is 1.97. The number of anilines is 1. The predicted molar refractivity (Wildman–Crippen MR) is 66.3 cm³/mol. The minimum atomic E-state index is -0.801. The van der Waals surface area contributed by atoms with E-state index in [0.717, 1.165) is 0 Å². The van der Waals surface area contributed by atoms with Crippen molar-refractivity contribution in [3.8, 4) is 0 Å². The van der Waals surface area contributed by atoms with E-state index in [1.54, 1.807) is 6.92 Å². The van der Waals surface area contributed by atoms with Crippen molar-refractivity contribution in [3.05, 3.63) is 22.1 Å². The zero-order chi connectivity index (χ0) is 13.6. The number of aliphatic carboxylic acids is 1. The number of rotatable bonds is 2. The molecule has 8 nitrogen and oxygen atoms in total. The molecule has 19 heavy (non-hydrogen) atoms. The maximum Gasteiger partial charge on any atom is 0.308 e. The highest BCUT2D eigenvalue weighted by Crippen LogP contribution is 2.20. The minimum absolute atomic E-state index is 0.227. The Morgan fingerprint density at radius 2 is 2.32 bits per heavy atom. The molecule has 0 radical (unpaired) electrons. The van der Waals surface area contributed by atoms with Gasteiger partial charge in [-0.05, 0) is 13.3 Å². The minimum Gasteiger partial charge on any atom is -0.481 e. The van der Waals surface area contributed by atoms with E-state index in [9.17, 15) is 9.59 Å². The van der Waals surface area contributed by atoms with Crippen LogP contribution >= 0.6 is 0 Å². The van der Waals surface area contributed by atoms with Crippen LogP contribution in [0.1, 0.15) is 12.1 Å². The first-order valence-corrected chi connectivity index (χ1v) is 5.99. The number of carbonyl (C=O) groups is 1. The molecule has 8 heteroatoms. The first kappa shape index (κ1) is 11.7. The van der Waals surface area contributed by atoms with Crippen molar-refractivity contribution in [2.75, 3.05) is 18.0 Å². The fraction of sp³-hybridized carbons (Fsp3) is 0.455. The fourth-order valence-electron chi connectivity index (χ4n) is 2.28. The second-order valence-electron chi connectivity index (χ2n) is 4.69. The van der Waals surface area contributed by atoms with Gasteiger partial charge in [0.25, 0.3) is 11.3 Å². The molecule has 0 bridgehead atoms. The summed E-state index contributed by atoms with van der Waals surface area (Å²) in [7, 11) is 0. The van der Waals surface area contributed by atoms with E-state index in [4.69, 9.17) is 5.11 Å². The SMILES string of the molecule is Cc1cc(=O)n2[nH]c(N3CC[C@H](C(=O)O)C3)nc2n1. The third-order valence-corrected chi connectivity index (χ3v) is 3.28. The van der Waals surface area contributed by atoms with Gasteiger partial charge in [0.05, 0.1) is 5.92 Å². The van der Waals surface area contributed by atoms with Gasteiger partial charge in [-0.25, -0.2) is 4.98 Å². The van der Waals surface area contributed by atoms with Crippen molar-refractivity contribution in [2.24, 2.45) is 5.92 Å². The van der Waals surface area contributed by atoms with E-state index < -0.39 is 5.97 Å². The molecule has 2 N–H and O–H groups in total. The molecule has 2 aromatic heterocycles. The van der Waals surface area contributed by atoms with Crippen LogP contribution in [0, 0.1) is 12.8 Å². The normalized spacial score (nSPS) is 19.2. The summed E-state index contributed by atoms with van der Waals surface area (Å²) < 4.78 is 1.26. The van der Waals surface area contributed by atoms with Crippen LogP contribution in [0.5, 0.6) is 0 Å². The van der Waals surface area contributed by atoms with Crippen molar-refractivity contribution in [1.82, 2.24) is 19.6 Å². The molecule has 0 amide bonds. The molecule has 3 heterocycles. The molecule has 2 aromatic rings. The summed E-state index contributed by atoms with van der Waals surface area (Å²) >= 11 is 0. The second kappa shape index (κ2) is 4.08. The monoisotopic (exact) mass is 263 g/mol. The van der Waals surface area contributed by atoms with Gasteiger partial charge in [0.1, 0.15) is 0 Å². The van der Waals surface area contributed by atoms with E-state index >= 15 is 0 Å². The Kier molecular flexibility index (Phi) is 2.51. The molecule has 1 saturated heterocycles. The number of aromatic amines is 1. The van der Waals surface area contributed by atoms with Crippen LogP contribution in [0.2, 0.25) is 0 Å². The summed E-state index contributed by atoms with van der Waals surface area (Å²) in [6.07, 6.45) is 0.577. The molecule has 1 atom stereocenters. The average Bonchev–Trinajstić information content (AvgIpc) is 2.92. The number of aryl methyl sites for hydroxylation is 1. The van der Waals surface area contributed by atoms with E-state index in [1.165, 1.54) is 10.6 Å². The van der Waals surface area contributed by atoms with E-state index in [0.29, 0.717) is 36.9 Å². The van der Waals surface area contributed by atoms with Crippen LogP contribution in [0.4, 0.5) is 5.95 Å². The lowest BCUT2D eigenvalue weighted by atomic mass is 10.1. The Morgan fingerprint density at radius 3 is 3.00 bits per heavy atom. The molecule has 3 rings (SSSR count). The molecule has 0 aromatic carbocycles. The third kappa shape index (κ3) is 1.94. The van der Waals surface area contributed by atoms with Crippen molar-refractivity contribution in [3.63, 3.8) is 0 Å². The molecule has 1 aliphatic heterocycles. The van der Waals surface area contributed by atoms with Crippen LogP contribution in [0.25, 0.3) is 5.78 Å². The van der Waals surface area contributed by atoms with Crippen LogP contribution in [0.3, 0.4) is 0 Å². The summed E-state index contributed by atoms with van der Waals surface area (Å²) in [5.41, 5.74) is 0.378. The van der Waals surface area contributed by atoms with Gasteiger partial charge in [-0.3, -0.25) is 14.7 Å². The number of carboxylic acid groups (broad SMARTS) is 1. The lowest BCUT2D eigenvalue weighted by molar-refractivity contribution is -0.140. The number of nitrogens with one attached hydrogen (secondary N) is 1. The smallest absolute Gasteiger partial charge is 0.308 e. The highest BCUT2D eigenvalue weighted by Gasteiger charge is 2.29. The zero-order valence-electron chi connectivity index (χ0n) is 10.3. The number of fused-ring (bicyclic) bond motifs is 1. The van der Waals surface area contributed by atoms with Crippen molar-refractivity contribution >= 4 is 17.7 Å². The van der Waals surface area contributed by atoms with Crippen molar-refractivity contribution in [2.45, 2.75) is 13.3 Å². The van der Waals surface area contributed by atoms with E-state index in [1.807, 2.05) is 4.90 Å². The molecule has 0 saturated carbocycles. The summed E-state index contributed by atoms with van der Waals surface area (Å²) in [6.45, 7) is 2.72. The number of hydrogen-bond donors (Lipinski definition) is 2. The van der Waals surface area contributed by atoms with Gasteiger partial charge in [-0.15, -0.1) is 0 Å². The molecule has 100 valence electrons. The molecule has 0 unspecified atom stereocenters. The number of H-pyrrole nitrogens is 1. The van der Waals surface area contributed by atoms with Gasteiger partial charge in [-0.1, -0.05) is 0 Å². The highest BCUT2D eigenvalue weighted by molar-refractivity contribution is 5.71. The van der Waals surface area contributed by atoms with Crippen LogP contribution in [0.15, 0.2) is 10.9 Å². The molecule has 0 spiro atoms. The maximum atomic E-state index is 11.7. The van der Waals surface area contributed by atoms with E-state index in [2.05, 4.69) is 15.1 Å². The zero-order valence-corrected chi connectivity index (χ0v) is 10.3. The maximum absolute atomic E-state index is 11.7. The quantitative estimate of drug-likeness (QED) is 0.766. The van der Waals surface area contributed by atoms with Crippen LogP contribution in [-0.2, 0) is 4.79 Å². The average molecular weight is 263 g/mol. The topological polar surface area (TPSA) is 104 Å². The van der Waals surface area contributed by atoms with Crippen molar-refractivity contribution < 1.29 is 9.90 Å². The standard InChI is InChI=1S/C11H13N5O3/c1-6-4-8(17)16-10(12-6)13-11(14-16)15-3-2-7(5-15)9(18)19/h4,7H,2-3,5H2,1H3,(H,18,19)(H,12,13,14)/t7-/m0/s1. The molecule has 1 aliphatic rings. The number of aromatic nitrogens is 4. The van der Waals surface area contributed by atoms with Crippen LogP contribution < -0.4 is 10.5 Å². The summed E-state index contributed by atoms with van der Waals surface area (Å²) in [5.74, 6) is -0.401. The first-order valence-electron chi connectivity index (χ1n) is 5.99. The van der Waals surface area contributed by atoms with Gasteiger partial charge in [0.15, 0.2) is 0 Å². The molecule has 1 fully saturated rings. The van der Waals surface area contributed by atoms with Gasteiger partial charge in [-0.2, -0.15) is 9.50 Å². The summed E-state index contributed by atoms with van der Waals surface area (Å²) in [5, 5.41) is 11.8. The highest BCUT2D eigenvalue weighted by atomic mass is 16.4. The predicted octanol–water partition coefficient (Wildman–Crippen LogP) is -0.363. The fourth-order valence-corrected chi connectivity index (χ4v) is 2.28. The number of hydrogen-bond acceptors (Lipinski definition) is 5. The first-order chi connectivity index (χ1) is 9.04. The summed E-state index contributed by atoms with van der Waals surface area (Å²) in [4.78, 5) is 32.9. The lowest BCUT2D eigenvalue weighted by Crippen LogP contribution is -2.24. The van der Waals surface area contributed by atoms with Gasteiger partial charge in [0.2, 0.25) is 5.95 Å². The van der Waals surface area contributed by atoms with E-state index in [-0.39, 0.29) is 11.5 Å². The molecular weight excluding hydrogens is 250 g/mol.